The van der Waals surface area contributed by atoms with Crippen molar-refractivity contribution in [1.29, 1.82) is 0 Å². The van der Waals surface area contributed by atoms with Crippen molar-refractivity contribution in [3.8, 4) is 0 Å². The first-order chi connectivity index (χ1) is 7.73. The first-order valence-electron chi connectivity index (χ1n) is 6.00. The Morgan fingerprint density at radius 2 is 1.19 bits per heavy atom. The highest BCUT2D eigenvalue weighted by Gasteiger charge is 2.13. The fraction of sp³-hybridized carbons (Fsp3) is 0.571. The molecule has 0 atom stereocenters. The zero-order valence-electron chi connectivity index (χ0n) is 10.4. The quantitative estimate of drug-likeness (QED) is 0.663. The summed E-state index contributed by atoms with van der Waals surface area (Å²) in [6.45, 7) is 6.55. The van der Waals surface area contributed by atoms with Gasteiger partial charge >= 0.3 is 0 Å². The lowest BCUT2D eigenvalue weighted by Crippen LogP contribution is -2.05. The van der Waals surface area contributed by atoms with E-state index in [1.54, 1.807) is 0 Å². The van der Waals surface area contributed by atoms with Gasteiger partial charge in [-0.15, -0.1) is 23.2 Å². The van der Waals surface area contributed by atoms with Gasteiger partial charge in [-0.2, -0.15) is 0 Å². The van der Waals surface area contributed by atoms with E-state index in [0.29, 0.717) is 11.8 Å². The molecule has 0 aliphatic heterocycles. The van der Waals surface area contributed by atoms with Gasteiger partial charge < -0.3 is 0 Å². The lowest BCUT2D eigenvalue weighted by Gasteiger charge is -2.18. The average molecular weight is 259 g/mol. The van der Waals surface area contributed by atoms with E-state index in [4.69, 9.17) is 23.2 Å². The molecular formula is C14H20Cl2. The van der Waals surface area contributed by atoms with Crippen molar-refractivity contribution >= 4 is 23.2 Å². The van der Waals surface area contributed by atoms with Crippen LogP contribution in [-0.2, 0) is 31.0 Å². The summed E-state index contributed by atoms with van der Waals surface area (Å²) < 4.78 is 0. The molecule has 2 heteroatoms. The molecule has 0 aromatic heterocycles. The molecule has 0 unspecified atom stereocenters. The van der Waals surface area contributed by atoms with Gasteiger partial charge in [-0.1, -0.05) is 26.8 Å². The third-order valence-corrected chi connectivity index (χ3v) is 3.77. The van der Waals surface area contributed by atoms with Crippen LogP contribution in [0.3, 0.4) is 0 Å². The number of halogens is 2. The van der Waals surface area contributed by atoms with E-state index >= 15 is 0 Å². The Kier molecular flexibility index (Phi) is 5.64. The number of hydrogen-bond acceptors (Lipinski definition) is 0. The molecule has 0 bridgehead atoms. The van der Waals surface area contributed by atoms with Crippen LogP contribution in [0, 0.1) is 0 Å². The van der Waals surface area contributed by atoms with Crippen molar-refractivity contribution in [3.63, 3.8) is 0 Å². The maximum Gasteiger partial charge on any atom is 0.0479 e. The summed E-state index contributed by atoms with van der Waals surface area (Å²) in [6.07, 6.45) is 3.11. The van der Waals surface area contributed by atoms with Gasteiger partial charge in [-0.25, -0.2) is 0 Å². The van der Waals surface area contributed by atoms with Crippen LogP contribution in [0.25, 0.3) is 0 Å². The van der Waals surface area contributed by atoms with Gasteiger partial charge in [-0.3, -0.25) is 0 Å². The molecule has 1 aromatic carbocycles. The summed E-state index contributed by atoms with van der Waals surface area (Å²) in [5.41, 5.74) is 6.76. The molecule has 1 aromatic rings. The third-order valence-electron chi connectivity index (χ3n) is 3.23. The van der Waals surface area contributed by atoms with Gasteiger partial charge in [0.25, 0.3) is 0 Å². The predicted molar refractivity (Wildman–Crippen MR) is 73.7 cm³/mol. The van der Waals surface area contributed by atoms with Crippen LogP contribution in [0.5, 0.6) is 0 Å². The molecule has 0 N–H and O–H groups in total. The van der Waals surface area contributed by atoms with Crippen LogP contribution in [0.15, 0.2) is 6.07 Å². The van der Waals surface area contributed by atoms with E-state index in [2.05, 4.69) is 26.8 Å². The highest BCUT2D eigenvalue weighted by molar-refractivity contribution is 6.18. The first kappa shape index (κ1) is 13.9. The molecule has 1 rings (SSSR count). The van der Waals surface area contributed by atoms with Crippen LogP contribution in [0.4, 0.5) is 0 Å². The lowest BCUT2D eigenvalue weighted by molar-refractivity contribution is 0.972. The number of hydrogen-bond donors (Lipinski definition) is 0. The van der Waals surface area contributed by atoms with Crippen LogP contribution >= 0.6 is 23.2 Å². The van der Waals surface area contributed by atoms with E-state index in [1.165, 1.54) is 27.8 Å². The number of rotatable bonds is 5. The fourth-order valence-electron chi connectivity index (χ4n) is 2.34. The minimum atomic E-state index is 0.597. The summed E-state index contributed by atoms with van der Waals surface area (Å²) in [5, 5.41) is 0. The molecule has 0 spiro atoms. The van der Waals surface area contributed by atoms with Crippen molar-refractivity contribution < 1.29 is 0 Å². The predicted octanol–water partition coefficient (Wildman–Crippen LogP) is 4.85. The molecule has 0 aliphatic rings. The first-order valence-corrected chi connectivity index (χ1v) is 7.07. The van der Waals surface area contributed by atoms with Gasteiger partial charge in [-0.05, 0) is 47.1 Å². The smallest absolute Gasteiger partial charge is 0.0479 e. The van der Waals surface area contributed by atoms with Gasteiger partial charge in [0, 0.05) is 11.8 Å². The van der Waals surface area contributed by atoms with Crippen LogP contribution in [0.2, 0.25) is 0 Å². The molecular weight excluding hydrogens is 239 g/mol. The third kappa shape index (κ3) is 2.55. The molecule has 0 saturated heterocycles. The molecule has 0 fully saturated rings. The topological polar surface area (TPSA) is 0 Å². The standard InChI is InChI=1S/C14H20Cl2/c1-4-10-7-11(5-2)14(9-16)12(6-3)13(10)8-15/h7H,4-6,8-9H2,1-3H3. The molecule has 0 amide bonds. The molecule has 0 aliphatic carbocycles. The minimum absolute atomic E-state index is 0.597. The maximum atomic E-state index is 6.08. The summed E-state index contributed by atoms with van der Waals surface area (Å²) >= 11 is 12.2. The van der Waals surface area contributed by atoms with Gasteiger partial charge in [0.1, 0.15) is 0 Å². The molecule has 0 nitrogen and oxygen atoms in total. The second kappa shape index (κ2) is 6.51. The Hall–Kier alpha value is -0.200. The van der Waals surface area contributed by atoms with E-state index in [9.17, 15) is 0 Å². The molecule has 0 radical (unpaired) electrons. The maximum absolute atomic E-state index is 6.08. The number of aryl methyl sites for hydroxylation is 2. The Labute approximate surface area is 109 Å². The monoisotopic (exact) mass is 258 g/mol. The van der Waals surface area contributed by atoms with Gasteiger partial charge in [0.15, 0.2) is 0 Å². The van der Waals surface area contributed by atoms with Crippen LogP contribution in [-0.4, -0.2) is 0 Å². The largest absolute Gasteiger partial charge is 0.122 e. The summed E-state index contributed by atoms with van der Waals surface area (Å²) in [4.78, 5) is 0. The van der Waals surface area contributed by atoms with Crippen molar-refractivity contribution in [1.82, 2.24) is 0 Å². The van der Waals surface area contributed by atoms with E-state index in [1.807, 2.05) is 0 Å². The van der Waals surface area contributed by atoms with Crippen molar-refractivity contribution in [2.45, 2.75) is 51.8 Å². The zero-order chi connectivity index (χ0) is 12.1. The molecule has 0 saturated carbocycles. The Bertz CT molecular complexity index is 326. The number of alkyl halides is 2. The highest BCUT2D eigenvalue weighted by Crippen LogP contribution is 2.28. The van der Waals surface area contributed by atoms with Crippen molar-refractivity contribution in [2.75, 3.05) is 0 Å². The van der Waals surface area contributed by atoms with Gasteiger partial charge in [0.2, 0.25) is 0 Å². The summed E-state index contributed by atoms with van der Waals surface area (Å²) in [7, 11) is 0. The lowest BCUT2D eigenvalue weighted by atomic mass is 9.89. The Morgan fingerprint density at radius 1 is 0.750 bits per heavy atom. The number of benzene rings is 1. The van der Waals surface area contributed by atoms with Crippen molar-refractivity contribution in [3.05, 3.63) is 33.9 Å². The fourth-order valence-corrected chi connectivity index (χ4v) is 3.01. The normalized spacial score (nSPS) is 10.8. The average Bonchev–Trinajstić information content (AvgIpc) is 2.35. The molecule has 16 heavy (non-hydrogen) atoms. The van der Waals surface area contributed by atoms with E-state index < -0.39 is 0 Å². The molecule has 0 heterocycles. The second-order valence-electron chi connectivity index (χ2n) is 3.96. The highest BCUT2D eigenvalue weighted by atomic mass is 35.5. The second-order valence-corrected chi connectivity index (χ2v) is 4.49. The van der Waals surface area contributed by atoms with Gasteiger partial charge in [0.05, 0.1) is 0 Å². The van der Waals surface area contributed by atoms with E-state index in [-0.39, 0.29) is 0 Å². The van der Waals surface area contributed by atoms with E-state index in [0.717, 1.165) is 19.3 Å². The SMILES string of the molecule is CCc1cc(CC)c(CCl)c(CC)c1CCl. The summed E-state index contributed by atoms with van der Waals surface area (Å²) in [6, 6.07) is 2.29. The minimum Gasteiger partial charge on any atom is -0.122 e. The van der Waals surface area contributed by atoms with Crippen LogP contribution < -0.4 is 0 Å². The Morgan fingerprint density at radius 3 is 1.44 bits per heavy atom. The Balaban J connectivity index is 3.47. The zero-order valence-corrected chi connectivity index (χ0v) is 11.9. The van der Waals surface area contributed by atoms with Crippen molar-refractivity contribution in [2.24, 2.45) is 0 Å². The summed E-state index contributed by atoms with van der Waals surface area (Å²) in [5.74, 6) is 1.19. The van der Waals surface area contributed by atoms with Crippen LogP contribution in [0.1, 0.15) is 48.6 Å². The molecule has 90 valence electrons.